The Morgan fingerprint density at radius 3 is 2.45 bits per heavy atom. The highest BCUT2D eigenvalue weighted by Crippen LogP contribution is 2.24. The lowest BCUT2D eigenvalue weighted by Gasteiger charge is -2.26. The minimum atomic E-state index is 0.306. The maximum atomic E-state index is 4.68. The molecule has 1 aromatic rings. The van der Waals surface area contributed by atoms with Gasteiger partial charge in [-0.15, -0.1) is 11.8 Å². The van der Waals surface area contributed by atoms with Gasteiger partial charge in [-0.05, 0) is 37.3 Å². The van der Waals surface area contributed by atoms with Crippen molar-refractivity contribution < 1.29 is 0 Å². The fraction of sp³-hybridized carbons (Fsp3) is 0.353. The second-order valence-electron chi connectivity index (χ2n) is 4.62. The van der Waals surface area contributed by atoms with Gasteiger partial charge in [-0.3, -0.25) is 0 Å². The Hall–Kier alpha value is -1.48. The molecule has 0 saturated heterocycles. The molecule has 3 heteroatoms. The third kappa shape index (κ3) is 3.34. The molecule has 1 aromatic carbocycles. The van der Waals surface area contributed by atoms with Crippen LogP contribution in [0.1, 0.15) is 19.4 Å². The van der Waals surface area contributed by atoms with Gasteiger partial charge in [0.05, 0.1) is 5.25 Å². The van der Waals surface area contributed by atoms with Crippen molar-refractivity contribution >= 4 is 23.2 Å². The van der Waals surface area contributed by atoms with E-state index in [4.69, 9.17) is 0 Å². The summed E-state index contributed by atoms with van der Waals surface area (Å²) in [4.78, 5) is 7.01. The zero-order valence-corrected chi connectivity index (χ0v) is 13.2. The van der Waals surface area contributed by atoms with E-state index in [1.54, 1.807) is 0 Å². The van der Waals surface area contributed by atoms with Crippen molar-refractivity contribution in [2.75, 3.05) is 19.3 Å². The van der Waals surface area contributed by atoms with E-state index in [1.807, 2.05) is 24.0 Å². The van der Waals surface area contributed by atoms with Gasteiger partial charge < -0.3 is 4.90 Å². The molecule has 106 valence electrons. The molecule has 0 spiro atoms. The Bertz CT molecular complexity index is 513. The molecule has 1 aliphatic rings. The number of hydrogen-bond donors (Lipinski definition) is 0. The highest BCUT2D eigenvalue weighted by Gasteiger charge is 2.19. The van der Waals surface area contributed by atoms with Gasteiger partial charge in [0.25, 0.3) is 0 Å². The highest BCUT2D eigenvalue weighted by atomic mass is 32.2. The monoisotopic (exact) mass is 286 g/mol. The first-order chi connectivity index (χ1) is 9.80. The number of thioether (sulfide) groups is 1. The fourth-order valence-electron chi connectivity index (χ4n) is 2.37. The number of benzene rings is 1. The lowest BCUT2D eigenvalue weighted by Crippen LogP contribution is -2.36. The predicted octanol–water partition coefficient (Wildman–Crippen LogP) is 4.07. The number of hydrogen-bond acceptors (Lipinski definition) is 3. The maximum absolute atomic E-state index is 4.68. The molecule has 0 N–H and O–H groups in total. The van der Waals surface area contributed by atoms with E-state index < -0.39 is 0 Å². The van der Waals surface area contributed by atoms with Gasteiger partial charge in [0, 0.05) is 19.3 Å². The molecule has 0 unspecified atom stereocenters. The molecular formula is C17H22N2S. The molecule has 0 aromatic heterocycles. The van der Waals surface area contributed by atoms with E-state index in [9.17, 15) is 0 Å². The predicted molar refractivity (Wildman–Crippen MR) is 91.2 cm³/mol. The molecule has 0 radical (unpaired) electrons. The van der Waals surface area contributed by atoms with Crippen molar-refractivity contribution in [3.63, 3.8) is 0 Å². The van der Waals surface area contributed by atoms with Gasteiger partial charge in [-0.25, -0.2) is 4.99 Å². The van der Waals surface area contributed by atoms with E-state index in [2.05, 4.69) is 66.4 Å². The molecule has 0 fully saturated rings. The van der Waals surface area contributed by atoms with Crippen LogP contribution >= 0.6 is 11.8 Å². The standard InChI is InChI=1S/C17H22N2S/c1-4-19(5-2)17-16(20-3)13-15(11-12-18-17)14-9-7-6-8-10-14/h6-13,16H,4-5H2,1-3H3/t16-/m0/s1. The Balaban J connectivity index is 2.33. The van der Waals surface area contributed by atoms with Crippen LogP contribution in [0.3, 0.4) is 0 Å². The normalized spacial score (nSPS) is 18.2. The number of rotatable bonds is 4. The van der Waals surface area contributed by atoms with Crippen molar-refractivity contribution in [2.24, 2.45) is 4.99 Å². The van der Waals surface area contributed by atoms with Gasteiger partial charge in [0.1, 0.15) is 5.84 Å². The van der Waals surface area contributed by atoms with Crippen LogP contribution in [-0.2, 0) is 0 Å². The Morgan fingerprint density at radius 2 is 1.85 bits per heavy atom. The van der Waals surface area contributed by atoms with Crippen molar-refractivity contribution in [1.82, 2.24) is 4.90 Å². The molecule has 2 rings (SSSR count). The van der Waals surface area contributed by atoms with Crippen LogP contribution in [0.4, 0.5) is 0 Å². The third-order valence-electron chi connectivity index (χ3n) is 3.49. The zero-order valence-electron chi connectivity index (χ0n) is 12.4. The van der Waals surface area contributed by atoms with Crippen molar-refractivity contribution in [3.05, 3.63) is 54.2 Å². The molecule has 0 aliphatic carbocycles. The summed E-state index contributed by atoms with van der Waals surface area (Å²) in [6.45, 7) is 6.35. The molecule has 1 atom stereocenters. The summed E-state index contributed by atoms with van der Waals surface area (Å²) in [5.41, 5.74) is 2.50. The average Bonchev–Trinajstić information content (AvgIpc) is 2.72. The summed E-state index contributed by atoms with van der Waals surface area (Å²) in [6, 6.07) is 10.5. The van der Waals surface area contributed by atoms with E-state index in [0.717, 1.165) is 18.9 Å². The third-order valence-corrected chi connectivity index (χ3v) is 4.35. The molecule has 0 amide bonds. The van der Waals surface area contributed by atoms with Gasteiger partial charge in [-0.1, -0.05) is 36.4 Å². The van der Waals surface area contributed by atoms with Crippen molar-refractivity contribution in [1.29, 1.82) is 0 Å². The fourth-order valence-corrected chi connectivity index (χ4v) is 3.07. The summed E-state index contributed by atoms with van der Waals surface area (Å²) in [7, 11) is 0. The SMILES string of the molecule is CCN(CC)C1=NC=CC(c2ccccc2)=C[C@@H]1SC. The largest absolute Gasteiger partial charge is 0.359 e. The summed E-state index contributed by atoms with van der Waals surface area (Å²) >= 11 is 1.84. The first-order valence-electron chi connectivity index (χ1n) is 7.09. The number of nitrogens with zero attached hydrogens (tertiary/aromatic N) is 2. The van der Waals surface area contributed by atoms with E-state index in [0.29, 0.717) is 5.25 Å². The summed E-state index contributed by atoms with van der Waals surface area (Å²) in [5.74, 6) is 1.16. The highest BCUT2D eigenvalue weighted by molar-refractivity contribution is 8.00. The van der Waals surface area contributed by atoms with Crippen molar-refractivity contribution in [2.45, 2.75) is 19.1 Å². The van der Waals surface area contributed by atoms with Crippen molar-refractivity contribution in [3.8, 4) is 0 Å². The molecule has 1 aliphatic heterocycles. The zero-order chi connectivity index (χ0) is 14.4. The topological polar surface area (TPSA) is 15.6 Å². The molecule has 0 saturated carbocycles. The van der Waals surface area contributed by atoms with Crippen LogP contribution in [0.15, 0.2) is 53.7 Å². The van der Waals surface area contributed by atoms with Crippen LogP contribution in [0.2, 0.25) is 0 Å². The Morgan fingerprint density at radius 1 is 1.15 bits per heavy atom. The summed E-state index contributed by atoms with van der Waals surface area (Å²) < 4.78 is 0. The number of amidine groups is 1. The Labute approximate surface area is 126 Å². The van der Waals surface area contributed by atoms with Crippen LogP contribution in [0, 0.1) is 0 Å². The minimum Gasteiger partial charge on any atom is -0.359 e. The van der Waals surface area contributed by atoms with Gasteiger partial charge in [0.2, 0.25) is 0 Å². The lowest BCUT2D eigenvalue weighted by atomic mass is 10.0. The Kier molecular flexibility index (Phi) is 5.48. The van der Waals surface area contributed by atoms with E-state index in [-0.39, 0.29) is 0 Å². The maximum Gasteiger partial charge on any atom is 0.121 e. The molecular weight excluding hydrogens is 264 g/mol. The first kappa shape index (κ1) is 14.9. The van der Waals surface area contributed by atoms with E-state index in [1.165, 1.54) is 11.1 Å². The molecule has 0 bridgehead atoms. The quantitative estimate of drug-likeness (QED) is 0.829. The van der Waals surface area contributed by atoms with Crippen LogP contribution in [0.25, 0.3) is 5.57 Å². The van der Waals surface area contributed by atoms with Gasteiger partial charge >= 0.3 is 0 Å². The lowest BCUT2D eigenvalue weighted by molar-refractivity contribution is 0.460. The number of aliphatic imine (C=N–C) groups is 1. The van der Waals surface area contributed by atoms with Crippen LogP contribution in [-0.4, -0.2) is 35.3 Å². The number of allylic oxidation sites excluding steroid dienone is 2. The van der Waals surface area contributed by atoms with E-state index >= 15 is 0 Å². The molecule has 1 heterocycles. The van der Waals surface area contributed by atoms with Crippen LogP contribution < -0.4 is 0 Å². The summed E-state index contributed by atoms with van der Waals surface area (Å²) in [6.07, 6.45) is 8.51. The first-order valence-corrected chi connectivity index (χ1v) is 8.38. The van der Waals surface area contributed by atoms with Gasteiger partial charge in [-0.2, -0.15) is 0 Å². The van der Waals surface area contributed by atoms with Gasteiger partial charge in [0.15, 0.2) is 0 Å². The second-order valence-corrected chi connectivity index (χ2v) is 5.60. The average molecular weight is 286 g/mol. The smallest absolute Gasteiger partial charge is 0.121 e. The molecule has 2 nitrogen and oxygen atoms in total. The van der Waals surface area contributed by atoms with Crippen LogP contribution in [0.5, 0.6) is 0 Å². The summed E-state index contributed by atoms with van der Waals surface area (Å²) in [5, 5.41) is 0.306. The second kappa shape index (κ2) is 7.34. The minimum absolute atomic E-state index is 0.306. The molecule has 20 heavy (non-hydrogen) atoms.